The van der Waals surface area contributed by atoms with Gasteiger partial charge in [-0.1, -0.05) is 54.1 Å². The van der Waals surface area contributed by atoms with E-state index in [0.29, 0.717) is 12.1 Å². The molecule has 1 amide bonds. The molecule has 25 heavy (non-hydrogen) atoms. The fourth-order valence-corrected chi connectivity index (χ4v) is 2.85. The maximum Gasteiger partial charge on any atom is 0.253 e. The molecule has 0 atom stereocenters. The molecule has 0 saturated carbocycles. The third-order valence-corrected chi connectivity index (χ3v) is 4.16. The lowest BCUT2D eigenvalue weighted by molar-refractivity contribution is 0.0785. The minimum Gasteiger partial charge on any atom is -0.508 e. The SMILES string of the molecule is Cc1cccc(-c2ccc(C(=O)N(C)Cc3cccc(O)c3)cc2)c1. The van der Waals surface area contributed by atoms with Crippen molar-refractivity contribution in [3.8, 4) is 16.9 Å². The monoisotopic (exact) mass is 331 g/mol. The molecule has 126 valence electrons. The number of amides is 1. The van der Waals surface area contributed by atoms with Crippen molar-refractivity contribution in [2.24, 2.45) is 0 Å². The summed E-state index contributed by atoms with van der Waals surface area (Å²) in [5.74, 6) is 0.167. The molecule has 3 heteroatoms. The van der Waals surface area contributed by atoms with Gasteiger partial charge in [0.2, 0.25) is 0 Å². The Labute approximate surface area is 148 Å². The number of aromatic hydroxyl groups is 1. The van der Waals surface area contributed by atoms with Crippen molar-refractivity contribution in [2.75, 3.05) is 7.05 Å². The van der Waals surface area contributed by atoms with E-state index in [-0.39, 0.29) is 11.7 Å². The molecule has 0 aliphatic rings. The van der Waals surface area contributed by atoms with Crippen molar-refractivity contribution >= 4 is 5.91 Å². The zero-order valence-corrected chi connectivity index (χ0v) is 14.4. The number of hydrogen-bond donors (Lipinski definition) is 1. The summed E-state index contributed by atoms with van der Waals surface area (Å²) in [7, 11) is 1.76. The van der Waals surface area contributed by atoms with Gasteiger partial charge in [0.15, 0.2) is 0 Å². The maximum absolute atomic E-state index is 12.6. The molecule has 0 aliphatic heterocycles. The first-order valence-corrected chi connectivity index (χ1v) is 8.23. The smallest absolute Gasteiger partial charge is 0.253 e. The van der Waals surface area contributed by atoms with Crippen LogP contribution in [0.4, 0.5) is 0 Å². The van der Waals surface area contributed by atoms with Crippen molar-refractivity contribution in [1.29, 1.82) is 0 Å². The third kappa shape index (κ3) is 4.07. The Morgan fingerprint density at radius 3 is 2.32 bits per heavy atom. The lowest BCUT2D eigenvalue weighted by Gasteiger charge is -2.17. The Bertz CT molecular complexity index is 885. The Morgan fingerprint density at radius 1 is 0.920 bits per heavy atom. The molecule has 0 unspecified atom stereocenters. The van der Waals surface area contributed by atoms with Gasteiger partial charge in [0.25, 0.3) is 5.91 Å². The molecule has 3 aromatic rings. The van der Waals surface area contributed by atoms with Gasteiger partial charge < -0.3 is 10.0 Å². The highest BCUT2D eigenvalue weighted by molar-refractivity contribution is 5.94. The van der Waals surface area contributed by atoms with Crippen molar-refractivity contribution in [1.82, 2.24) is 4.90 Å². The highest BCUT2D eigenvalue weighted by Crippen LogP contribution is 2.21. The number of phenolic OH excluding ortho intramolecular Hbond substituents is 1. The summed E-state index contributed by atoms with van der Waals surface area (Å²) < 4.78 is 0. The summed E-state index contributed by atoms with van der Waals surface area (Å²) in [5.41, 5.74) is 5.00. The molecular formula is C22H21NO2. The topological polar surface area (TPSA) is 40.5 Å². The van der Waals surface area contributed by atoms with Crippen LogP contribution in [0.5, 0.6) is 5.75 Å². The van der Waals surface area contributed by atoms with Crippen molar-refractivity contribution in [3.63, 3.8) is 0 Å². The highest BCUT2D eigenvalue weighted by Gasteiger charge is 2.12. The molecule has 3 aromatic carbocycles. The number of benzene rings is 3. The van der Waals surface area contributed by atoms with Gasteiger partial charge in [-0.2, -0.15) is 0 Å². The van der Waals surface area contributed by atoms with Gasteiger partial charge in [0.05, 0.1) is 0 Å². The van der Waals surface area contributed by atoms with E-state index in [4.69, 9.17) is 0 Å². The van der Waals surface area contributed by atoms with Crippen molar-refractivity contribution < 1.29 is 9.90 Å². The normalized spacial score (nSPS) is 10.5. The van der Waals surface area contributed by atoms with Crippen LogP contribution in [0.15, 0.2) is 72.8 Å². The molecule has 0 heterocycles. The zero-order chi connectivity index (χ0) is 17.8. The van der Waals surface area contributed by atoms with Gasteiger partial charge in [0, 0.05) is 19.2 Å². The summed E-state index contributed by atoms with van der Waals surface area (Å²) in [5, 5.41) is 9.54. The molecule has 0 spiro atoms. The summed E-state index contributed by atoms with van der Waals surface area (Å²) in [6.07, 6.45) is 0. The summed E-state index contributed by atoms with van der Waals surface area (Å²) in [4.78, 5) is 14.2. The Balaban J connectivity index is 1.74. The second kappa shape index (κ2) is 7.22. The lowest BCUT2D eigenvalue weighted by Crippen LogP contribution is -2.26. The molecule has 3 nitrogen and oxygen atoms in total. The van der Waals surface area contributed by atoms with Gasteiger partial charge in [-0.3, -0.25) is 4.79 Å². The molecule has 0 aliphatic carbocycles. The maximum atomic E-state index is 12.6. The average molecular weight is 331 g/mol. The molecule has 0 radical (unpaired) electrons. The number of phenols is 1. The molecule has 0 bridgehead atoms. The van der Waals surface area contributed by atoms with Gasteiger partial charge in [-0.05, 0) is 47.9 Å². The fraction of sp³-hybridized carbons (Fsp3) is 0.136. The molecule has 0 aromatic heterocycles. The van der Waals surface area contributed by atoms with Gasteiger partial charge in [-0.25, -0.2) is 0 Å². The van der Waals surface area contributed by atoms with E-state index in [1.54, 1.807) is 30.1 Å². The number of carbonyl (C=O) groups excluding carboxylic acids is 1. The van der Waals surface area contributed by atoms with Gasteiger partial charge in [-0.15, -0.1) is 0 Å². The van der Waals surface area contributed by atoms with Crippen LogP contribution in [-0.4, -0.2) is 23.0 Å². The molecule has 0 fully saturated rings. The van der Waals surface area contributed by atoms with Crippen LogP contribution in [0.2, 0.25) is 0 Å². The van der Waals surface area contributed by atoms with E-state index in [9.17, 15) is 9.90 Å². The van der Waals surface area contributed by atoms with E-state index in [1.807, 2.05) is 36.4 Å². The van der Waals surface area contributed by atoms with Crippen LogP contribution in [0.3, 0.4) is 0 Å². The van der Waals surface area contributed by atoms with Crippen molar-refractivity contribution in [3.05, 3.63) is 89.5 Å². The molecule has 1 N–H and O–H groups in total. The van der Waals surface area contributed by atoms with Crippen LogP contribution < -0.4 is 0 Å². The predicted octanol–water partition coefficient (Wildman–Crippen LogP) is 4.64. The van der Waals surface area contributed by atoms with Crippen molar-refractivity contribution in [2.45, 2.75) is 13.5 Å². The van der Waals surface area contributed by atoms with Crippen LogP contribution in [0, 0.1) is 6.92 Å². The average Bonchev–Trinajstić information content (AvgIpc) is 2.61. The number of nitrogens with zero attached hydrogens (tertiary/aromatic N) is 1. The van der Waals surface area contributed by atoms with Crippen LogP contribution in [0.1, 0.15) is 21.5 Å². The second-order valence-electron chi connectivity index (χ2n) is 6.28. The first-order valence-electron chi connectivity index (χ1n) is 8.23. The van der Waals surface area contributed by atoms with Crippen LogP contribution >= 0.6 is 0 Å². The van der Waals surface area contributed by atoms with E-state index in [0.717, 1.165) is 16.7 Å². The van der Waals surface area contributed by atoms with Gasteiger partial charge in [0.1, 0.15) is 5.75 Å². The fourth-order valence-electron chi connectivity index (χ4n) is 2.85. The third-order valence-electron chi connectivity index (χ3n) is 4.16. The van der Waals surface area contributed by atoms with Crippen LogP contribution in [-0.2, 0) is 6.54 Å². The summed E-state index contributed by atoms with van der Waals surface area (Å²) in [6, 6.07) is 22.9. The highest BCUT2D eigenvalue weighted by atomic mass is 16.3. The summed E-state index contributed by atoms with van der Waals surface area (Å²) in [6.45, 7) is 2.52. The largest absolute Gasteiger partial charge is 0.508 e. The molecular weight excluding hydrogens is 310 g/mol. The first kappa shape index (κ1) is 16.8. The van der Waals surface area contributed by atoms with E-state index in [1.165, 1.54) is 5.56 Å². The second-order valence-corrected chi connectivity index (χ2v) is 6.28. The Hall–Kier alpha value is -3.07. The standard InChI is InChI=1S/C22H21NO2/c1-16-5-3-7-20(13-16)18-9-11-19(12-10-18)22(25)23(2)15-17-6-4-8-21(24)14-17/h3-14,24H,15H2,1-2H3. The number of rotatable bonds is 4. The Morgan fingerprint density at radius 2 is 1.64 bits per heavy atom. The lowest BCUT2D eigenvalue weighted by atomic mass is 10.0. The van der Waals surface area contributed by atoms with E-state index in [2.05, 4.69) is 25.1 Å². The number of hydrogen-bond acceptors (Lipinski definition) is 2. The van der Waals surface area contributed by atoms with Crippen LogP contribution in [0.25, 0.3) is 11.1 Å². The number of aryl methyl sites for hydroxylation is 1. The minimum absolute atomic E-state index is 0.0425. The van der Waals surface area contributed by atoms with E-state index >= 15 is 0 Å². The molecule has 3 rings (SSSR count). The van der Waals surface area contributed by atoms with Gasteiger partial charge >= 0.3 is 0 Å². The van der Waals surface area contributed by atoms with E-state index < -0.39 is 0 Å². The number of carbonyl (C=O) groups is 1. The minimum atomic E-state index is -0.0425. The summed E-state index contributed by atoms with van der Waals surface area (Å²) >= 11 is 0. The zero-order valence-electron chi connectivity index (χ0n) is 14.4. The Kier molecular flexibility index (Phi) is 4.85. The first-order chi connectivity index (χ1) is 12.0. The quantitative estimate of drug-likeness (QED) is 0.756. The predicted molar refractivity (Wildman–Crippen MR) is 101 cm³/mol. The molecule has 0 saturated heterocycles.